The van der Waals surface area contributed by atoms with Crippen molar-refractivity contribution in [3.63, 3.8) is 0 Å². The smallest absolute Gasteiger partial charge is 0.261 e. The largest absolute Gasteiger partial charge is 0.266 e. The van der Waals surface area contributed by atoms with E-state index in [1.54, 1.807) is 13.1 Å². The molecule has 0 aliphatic carbocycles. The lowest BCUT2D eigenvalue weighted by Gasteiger charge is -2.09. The minimum Gasteiger partial charge on any atom is -0.261 e. The van der Waals surface area contributed by atoms with Crippen molar-refractivity contribution >= 4 is 31.9 Å². The van der Waals surface area contributed by atoms with E-state index in [2.05, 4.69) is 36.8 Å². The van der Waals surface area contributed by atoms with Crippen LogP contribution in [0.2, 0.25) is 0 Å². The molecule has 1 nitrogen and oxygen atoms in total. The first-order valence-corrected chi connectivity index (χ1v) is 5.47. The summed E-state index contributed by atoms with van der Waals surface area (Å²) in [6.07, 6.45) is -0.902. The normalized spacial score (nSPS) is 10.9. The number of hydrogen-bond acceptors (Lipinski definition) is 1. The molecule has 0 aliphatic heterocycles. The summed E-state index contributed by atoms with van der Waals surface area (Å²) in [6, 6.07) is 0. The van der Waals surface area contributed by atoms with Crippen molar-refractivity contribution in [1.82, 2.24) is 4.98 Å². The Bertz CT molecular complexity index is 315. The van der Waals surface area contributed by atoms with Crippen LogP contribution >= 0.6 is 31.9 Å². The van der Waals surface area contributed by atoms with E-state index in [1.165, 1.54) is 0 Å². The Labute approximate surface area is 91.8 Å². The third kappa shape index (κ3) is 2.26. The molecule has 1 aromatic heterocycles. The molecule has 5 heteroatoms. The molecule has 0 aromatic carbocycles. The van der Waals surface area contributed by atoms with Crippen LogP contribution in [0.1, 0.15) is 23.2 Å². The van der Waals surface area contributed by atoms with Gasteiger partial charge in [0.05, 0.1) is 5.56 Å². The van der Waals surface area contributed by atoms with Gasteiger partial charge in [0.15, 0.2) is 0 Å². The molecule has 0 atom stereocenters. The summed E-state index contributed by atoms with van der Waals surface area (Å²) in [5.74, 6) is 0. The summed E-state index contributed by atoms with van der Waals surface area (Å²) in [4.78, 5) is 3.89. The van der Waals surface area contributed by atoms with Crippen molar-refractivity contribution in [1.29, 1.82) is 0 Å². The van der Waals surface area contributed by atoms with Crippen LogP contribution in [0.3, 0.4) is 0 Å². The van der Waals surface area contributed by atoms with Crippen LogP contribution in [0, 0.1) is 6.92 Å². The van der Waals surface area contributed by atoms with Crippen molar-refractivity contribution in [3.05, 3.63) is 27.5 Å². The van der Waals surface area contributed by atoms with E-state index in [1.807, 2.05) is 0 Å². The highest BCUT2D eigenvalue weighted by Gasteiger charge is 2.17. The highest BCUT2D eigenvalue weighted by Crippen LogP contribution is 2.32. The molecule has 0 saturated carbocycles. The molecule has 1 rings (SSSR count). The maximum Gasteiger partial charge on any atom is 0.266 e. The molecule has 0 saturated heterocycles. The third-order valence-electron chi connectivity index (χ3n) is 1.68. The van der Waals surface area contributed by atoms with Crippen LogP contribution in [0.25, 0.3) is 0 Å². The maximum absolute atomic E-state index is 12.5. The van der Waals surface area contributed by atoms with Crippen LogP contribution in [-0.2, 0) is 5.33 Å². The van der Waals surface area contributed by atoms with E-state index in [0.717, 1.165) is 5.56 Å². The second kappa shape index (κ2) is 4.46. The Hall–Kier alpha value is -0.0300. The Balaban J connectivity index is 3.30. The zero-order chi connectivity index (χ0) is 10.0. The zero-order valence-electron chi connectivity index (χ0n) is 6.82. The Morgan fingerprint density at radius 1 is 1.54 bits per heavy atom. The van der Waals surface area contributed by atoms with E-state index < -0.39 is 6.43 Å². The summed E-state index contributed by atoms with van der Waals surface area (Å²) in [5.41, 5.74) is 1.09. The molecule has 0 unspecified atom stereocenters. The lowest BCUT2D eigenvalue weighted by atomic mass is 10.1. The summed E-state index contributed by atoms with van der Waals surface area (Å²) in [5, 5.41) is 0.514. The van der Waals surface area contributed by atoms with Crippen LogP contribution in [0.15, 0.2) is 10.7 Å². The Morgan fingerprint density at radius 2 is 2.15 bits per heavy atom. The number of alkyl halides is 3. The van der Waals surface area contributed by atoms with Gasteiger partial charge in [0, 0.05) is 21.7 Å². The molecule has 1 heterocycles. The number of nitrogens with zero attached hydrogens (tertiary/aromatic N) is 1. The van der Waals surface area contributed by atoms with E-state index in [0.29, 0.717) is 15.5 Å². The van der Waals surface area contributed by atoms with Gasteiger partial charge in [0.25, 0.3) is 6.43 Å². The van der Waals surface area contributed by atoms with Gasteiger partial charge >= 0.3 is 0 Å². The first-order valence-electron chi connectivity index (χ1n) is 3.56. The average molecular weight is 315 g/mol. The molecule has 0 spiro atoms. The van der Waals surface area contributed by atoms with Crippen molar-refractivity contribution < 1.29 is 8.78 Å². The van der Waals surface area contributed by atoms with Gasteiger partial charge in [0.2, 0.25) is 0 Å². The van der Waals surface area contributed by atoms with Gasteiger partial charge < -0.3 is 0 Å². The molecule has 1 aromatic rings. The maximum atomic E-state index is 12.5. The Kier molecular flexibility index (Phi) is 3.79. The molecule has 0 radical (unpaired) electrons. The molecule has 0 bridgehead atoms. The van der Waals surface area contributed by atoms with Gasteiger partial charge in [-0.15, -0.1) is 0 Å². The lowest BCUT2D eigenvalue weighted by Crippen LogP contribution is -1.98. The first kappa shape index (κ1) is 11.0. The van der Waals surface area contributed by atoms with Gasteiger partial charge in [-0.25, -0.2) is 8.78 Å². The van der Waals surface area contributed by atoms with E-state index in [-0.39, 0.29) is 5.56 Å². The lowest BCUT2D eigenvalue weighted by molar-refractivity contribution is 0.149. The van der Waals surface area contributed by atoms with Crippen molar-refractivity contribution in [2.24, 2.45) is 0 Å². The molecule has 0 N–H and O–H groups in total. The van der Waals surface area contributed by atoms with Crippen LogP contribution in [0.5, 0.6) is 0 Å². The highest BCUT2D eigenvalue weighted by molar-refractivity contribution is 9.10. The molecule has 13 heavy (non-hydrogen) atoms. The summed E-state index contributed by atoms with van der Waals surface area (Å²) < 4.78 is 25.5. The van der Waals surface area contributed by atoms with Crippen LogP contribution in [-0.4, -0.2) is 4.98 Å². The van der Waals surface area contributed by atoms with Gasteiger partial charge in [-0.05, 0) is 28.4 Å². The molecule has 0 amide bonds. The molecule has 0 fully saturated rings. The first-order chi connectivity index (χ1) is 6.07. The highest BCUT2D eigenvalue weighted by atomic mass is 79.9. The standard InChI is InChI=1S/C8H7Br2F2N/c1-4-6(8(11)12)7(10)5(2-9)3-13-4/h3,8H,2H2,1H3. The predicted molar refractivity (Wildman–Crippen MR) is 54.3 cm³/mol. The number of aromatic nitrogens is 1. The topological polar surface area (TPSA) is 12.9 Å². The quantitative estimate of drug-likeness (QED) is 0.752. The summed E-state index contributed by atoms with van der Waals surface area (Å²) in [6.45, 7) is 1.57. The van der Waals surface area contributed by atoms with Crippen LogP contribution < -0.4 is 0 Å². The second-order valence-corrected chi connectivity index (χ2v) is 3.88. The van der Waals surface area contributed by atoms with Crippen LogP contribution in [0.4, 0.5) is 8.78 Å². The Morgan fingerprint density at radius 3 is 2.62 bits per heavy atom. The van der Waals surface area contributed by atoms with E-state index >= 15 is 0 Å². The number of rotatable bonds is 2. The summed E-state index contributed by atoms with van der Waals surface area (Å²) >= 11 is 6.34. The van der Waals surface area contributed by atoms with Crippen molar-refractivity contribution in [2.45, 2.75) is 18.7 Å². The number of halogens is 4. The minimum atomic E-state index is -2.49. The zero-order valence-corrected chi connectivity index (χ0v) is 9.99. The number of hydrogen-bond donors (Lipinski definition) is 0. The average Bonchev–Trinajstić information content (AvgIpc) is 2.04. The van der Waals surface area contributed by atoms with Gasteiger partial charge in [-0.3, -0.25) is 4.98 Å². The fraction of sp³-hybridized carbons (Fsp3) is 0.375. The monoisotopic (exact) mass is 313 g/mol. The molecule has 0 aliphatic rings. The minimum absolute atomic E-state index is 0.0167. The number of aryl methyl sites for hydroxylation is 1. The fourth-order valence-corrected chi connectivity index (χ4v) is 2.48. The van der Waals surface area contributed by atoms with E-state index in [9.17, 15) is 8.78 Å². The second-order valence-electron chi connectivity index (χ2n) is 2.53. The summed E-state index contributed by atoms with van der Waals surface area (Å²) in [7, 11) is 0. The van der Waals surface area contributed by atoms with Crippen molar-refractivity contribution in [2.75, 3.05) is 0 Å². The SMILES string of the molecule is Cc1ncc(CBr)c(Br)c1C(F)F. The van der Waals surface area contributed by atoms with Gasteiger partial charge in [-0.1, -0.05) is 15.9 Å². The van der Waals surface area contributed by atoms with Gasteiger partial charge in [-0.2, -0.15) is 0 Å². The number of pyridine rings is 1. The van der Waals surface area contributed by atoms with Crippen molar-refractivity contribution in [3.8, 4) is 0 Å². The molecular weight excluding hydrogens is 308 g/mol. The fourth-order valence-electron chi connectivity index (χ4n) is 0.980. The molecule has 72 valence electrons. The third-order valence-corrected chi connectivity index (χ3v) is 3.22. The predicted octanol–water partition coefficient (Wildman–Crippen LogP) is 3.99. The van der Waals surface area contributed by atoms with E-state index in [4.69, 9.17) is 0 Å². The van der Waals surface area contributed by atoms with Gasteiger partial charge in [0.1, 0.15) is 0 Å². The molecular formula is C8H7Br2F2N.